The maximum Gasteiger partial charge on any atom is 0.309 e. The molecule has 0 aromatic heterocycles. The number of carbonyl (C=O) groups excluding carboxylic acids is 2. The van der Waals surface area contributed by atoms with Gasteiger partial charge in [-0.15, -0.1) is 0 Å². The molecule has 0 saturated heterocycles. The van der Waals surface area contributed by atoms with Crippen molar-refractivity contribution in [3.63, 3.8) is 0 Å². The van der Waals surface area contributed by atoms with Gasteiger partial charge in [0.1, 0.15) is 24.4 Å². The van der Waals surface area contributed by atoms with Crippen LogP contribution in [0.4, 0.5) is 0 Å². The van der Waals surface area contributed by atoms with Gasteiger partial charge in [0.15, 0.2) is 17.5 Å². The third-order valence-corrected chi connectivity index (χ3v) is 6.12. The van der Waals surface area contributed by atoms with Crippen molar-refractivity contribution >= 4 is 11.8 Å². The number of ether oxygens (including phenoxy) is 1. The van der Waals surface area contributed by atoms with Gasteiger partial charge in [0.2, 0.25) is 0 Å². The largest absolute Gasteiger partial charge is 0.456 e. The first kappa shape index (κ1) is 27.0. The highest BCUT2D eigenvalue weighted by Crippen LogP contribution is 2.36. The van der Waals surface area contributed by atoms with Crippen molar-refractivity contribution < 1.29 is 39.9 Å². The predicted octanol–water partition coefficient (Wildman–Crippen LogP) is 1.09. The van der Waals surface area contributed by atoms with Crippen LogP contribution in [0.15, 0.2) is 0 Å². The van der Waals surface area contributed by atoms with Crippen LogP contribution < -0.4 is 0 Å². The van der Waals surface area contributed by atoms with Crippen LogP contribution in [0.5, 0.6) is 0 Å². The Morgan fingerprint density at radius 2 is 1.13 bits per heavy atom. The number of aliphatic hydroxyl groups is 5. The van der Waals surface area contributed by atoms with Gasteiger partial charge >= 0.3 is 5.97 Å². The third-order valence-electron chi connectivity index (χ3n) is 6.12. The van der Waals surface area contributed by atoms with Gasteiger partial charge in [0, 0.05) is 5.92 Å². The Hall–Kier alpha value is -1.06. The van der Waals surface area contributed by atoms with Crippen LogP contribution in [0.25, 0.3) is 0 Å². The van der Waals surface area contributed by atoms with E-state index in [4.69, 9.17) is 4.74 Å². The number of Topliss-reactive ketones (excluding diaryl/α,β-unsaturated/α-hetero) is 1. The highest BCUT2D eigenvalue weighted by atomic mass is 16.6. The summed E-state index contributed by atoms with van der Waals surface area (Å²) in [5.74, 6) is -2.53. The fourth-order valence-corrected chi connectivity index (χ4v) is 4.43. The minimum atomic E-state index is -2.75. The summed E-state index contributed by atoms with van der Waals surface area (Å²) in [6, 6.07) is 0. The second-order valence-corrected chi connectivity index (χ2v) is 8.51. The van der Waals surface area contributed by atoms with E-state index in [1.165, 1.54) is 0 Å². The van der Waals surface area contributed by atoms with Crippen molar-refractivity contribution in [2.45, 2.75) is 115 Å². The Morgan fingerprint density at radius 3 is 1.50 bits per heavy atom. The molecule has 1 rings (SSSR count). The number of ketones is 1. The molecule has 1 aliphatic rings. The SMILES string of the molecule is CCCC(CCC)C(=O)OC1[C@@H](O)[C@@H](O)C(O)(C(=O)C(CCC)CCC)[C@@H](O)[C@@H]1O. The van der Waals surface area contributed by atoms with E-state index in [0.29, 0.717) is 38.5 Å². The normalized spacial score (nSPS) is 31.9. The molecule has 0 heterocycles. The van der Waals surface area contributed by atoms with Gasteiger partial charge in [-0.25, -0.2) is 0 Å². The molecule has 30 heavy (non-hydrogen) atoms. The molecule has 0 aromatic rings. The molecule has 2 unspecified atom stereocenters. The minimum absolute atomic E-state index is 0.436. The summed E-state index contributed by atoms with van der Waals surface area (Å²) in [7, 11) is 0. The zero-order chi connectivity index (χ0) is 23.1. The second kappa shape index (κ2) is 12.1. The van der Waals surface area contributed by atoms with E-state index >= 15 is 0 Å². The molecule has 6 atom stereocenters. The van der Waals surface area contributed by atoms with Crippen LogP contribution in [0.3, 0.4) is 0 Å². The Bertz CT molecular complexity index is 519. The zero-order valence-electron chi connectivity index (χ0n) is 18.7. The van der Waals surface area contributed by atoms with Crippen molar-refractivity contribution in [3.8, 4) is 0 Å². The van der Waals surface area contributed by atoms with Crippen LogP contribution in [-0.2, 0) is 14.3 Å². The molecule has 8 heteroatoms. The van der Waals surface area contributed by atoms with Gasteiger partial charge in [-0.2, -0.15) is 0 Å². The molecule has 1 aliphatic carbocycles. The average molecular weight is 433 g/mol. The molecule has 8 nitrogen and oxygen atoms in total. The van der Waals surface area contributed by atoms with Crippen molar-refractivity contribution in [3.05, 3.63) is 0 Å². The van der Waals surface area contributed by atoms with Crippen molar-refractivity contribution in [1.82, 2.24) is 0 Å². The summed E-state index contributed by atoms with van der Waals surface area (Å²) < 4.78 is 5.27. The quantitative estimate of drug-likeness (QED) is 0.288. The molecule has 0 spiro atoms. The zero-order valence-corrected chi connectivity index (χ0v) is 18.7. The number of esters is 1. The number of carbonyl (C=O) groups is 2. The van der Waals surface area contributed by atoms with E-state index in [-0.39, 0.29) is 0 Å². The molecule has 1 fully saturated rings. The topological polar surface area (TPSA) is 145 Å². The van der Waals surface area contributed by atoms with Gasteiger partial charge < -0.3 is 30.3 Å². The highest BCUT2D eigenvalue weighted by molar-refractivity contribution is 5.91. The summed E-state index contributed by atoms with van der Waals surface area (Å²) in [6.07, 6.45) is -4.91. The average Bonchev–Trinajstić information content (AvgIpc) is 2.73. The number of hydrogen-bond donors (Lipinski definition) is 5. The monoisotopic (exact) mass is 432 g/mol. The lowest BCUT2D eigenvalue weighted by atomic mass is 9.68. The fraction of sp³-hybridized carbons (Fsp3) is 0.909. The third kappa shape index (κ3) is 5.59. The first-order valence-corrected chi connectivity index (χ1v) is 11.3. The van der Waals surface area contributed by atoms with E-state index in [2.05, 4.69) is 0 Å². The highest BCUT2D eigenvalue weighted by Gasteiger charge is 2.63. The van der Waals surface area contributed by atoms with Gasteiger partial charge in [-0.1, -0.05) is 53.4 Å². The molecule has 0 amide bonds. The lowest BCUT2D eigenvalue weighted by molar-refractivity contribution is -0.266. The summed E-state index contributed by atoms with van der Waals surface area (Å²) in [5.41, 5.74) is -2.75. The summed E-state index contributed by atoms with van der Waals surface area (Å²) >= 11 is 0. The van der Waals surface area contributed by atoms with Crippen LogP contribution in [0.1, 0.15) is 79.1 Å². The summed E-state index contributed by atoms with van der Waals surface area (Å²) in [5, 5.41) is 53.2. The lowest BCUT2D eigenvalue weighted by Crippen LogP contribution is -2.74. The number of rotatable bonds is 12. The van der Waals surface area contributed by atoms with E-state index in [1.54, 1.807) is 0 Å². The molecular weight excluding hydrogens is 392 g/mol. The molecular formula is C22H40O8. The fourth-order valence-electron chi connectivity index (χ4n) is 4.43. The predicted molar refractivity (Wildman–Crippen MR) is 110 cm³/mol. The van der Waals surface area contributed by atoms with Crippen molar-refractivity contribution in [2.75, 3.05) is 0 Å². The summed E-state index contributed by atoms with van der Waals surface area (Å²) in [6.45, 7) is 7.58. The van der Waals surface area contributed by atoms with Crippen molar-refractivity contribution in [1.29, 1.82) is 0 Å². The van der Waals surface area contributed by atoms with Gasteiger partial charge in [-0.3, -0.25) is 9.59 Å². The maximum atomic E-state index is 13.0. The Balaban J connectivity index is 3.10. The van der Waals surface area contributed by atoms with Crippen LogP contribution in [0.2, 0.25) is 0 Å². The molecule has 0 bridgehead atoms. The lowest BCUT2D eigenvalue weighted by Gasteiger charge is -2.48. The van der Waals surface area contributed by atoms with E-state index in [1.807, 2.05) is 27.7 Å². The van der Waals surface area contributed by atoms with E-state index in [9.17, 15) is 35.1 Å². The Labute approximate surface area is 179 Å². The smallest absolute Gasteiger partial charge is 0.309 e. The Kier molecular flexibility index (Phi) is 10.9. The first-order valence-electron chi connectivity index (χ1n) is 11.3. The number of aliphatic hydroxyl groups excluding tert-OH is 4. The van der Waals surface area contributed by atoms with Crippen LogP contribution in [-0.4, -0.2) is 73.4 Å². The molecule has 0 aliphatic heterocycles. The molecule has 1 saturated carbocycles. The van der Waals surface area contributed by atoms with Gasteiger partial charge in [-0.05, 0) is 25.7 Å². The molecule has 5 N–H and O–H groups in total. The standard InChI is InChI=1S/C22H40O8/c1-5-9-13(10-6-2)18(25)22(29)19(26)15(23)17(16(24)20(22)27)30-21(28)14(11-7-3)12-8-4/h13-17,19-20,23-24,26-27,29H,5-12H2,1-4H3/t15-,16-,17?,19-,20+,22?/m1/s1. The van der Waals surface area contributed by atoms with Crippen LogP contribution >= 0.6 is 0 Å². The van der Waals surface area contributed by atoms with E-state index in [0.717, 1.165) is 12.8 Å². The van der Waals surface area contributed by atoms with Crippen molar-refractivity contribution in [2.24, 2.45) is 11.8 Å². The molecule has 176 valence electrons. The Morgan fingerprint density at radius 1 is 0.767 bits per heavy atom. The number of hydrogen-bond acceptors (Lipinski definition) is 8. The van der Waals surface area contributed by atoms with Gasteiger partial charge in [0.25, 0.3) is 0 Å². The van der Waals surface area contributed by atoms with Gasteiger partial charge in [0.05, 0.1) is 5.92 Å². The van der Waals surface area contributed by atoms with Crippen LogP contribution in [0, 0.1) is 11.8 Å². The summed E-state index contributed by atoms with van der Waals surface area (Å²) in [4.78, 5) is 25.6. The molecule has 0 radical (unpaired) electrons. The first-order chi connectivity index (χ1) is 14.1. The molecule has 0 aromatic carbocycles. The maximum absolute atomic E-state index is 13.0. The minimum Gasteiger partial charge on any atom is -0.456 e. The second-order valence-electron chi connectivity index (χ2n) is 8.51. The van der Waals surface area contributed by atoms with E-state index < -0.39 is 59.7 Å².